The van der Waals surface area contributed by atoms with Gasteiger partial charge in [-0.3, -0.25) is 9.69 Å². The number of thiocarbonyl (C=S) groups is 1. The molecule has 7 heteroatoms. The Morgan fingerprint density at radius 1 is 0.964 bits per heavy atom. The van der Waals surface area contributed by atoms with Crippen LogP contribution in [0.3, 0.4) is 0 Å². The minimum Gasteiger partial charge on any atom is -0.268 e. The molecule has 3 aromatic rings. The molecule has 0 saturated carbocycles. The second-order valence-electron chi connectivity index (χ2n) is 6.14. The Labute approximate surface area is 168 Å². The monoisotopic (exact) mass is 415 g/mol. The molecule has 0 aromatic heterocycles. The van der Waals surface area contributed by atoms with Crippen molar-refractivity contribution >= 4 is 56.7 Å². The zero-order valence-electron chi connectivity index (χ0n) is 14.2. The fraction of sp³-hybridized carbons (Fsp3) is 0.0476. The fourth-order valence-corrected chi connectivity index (χ4v) is 4.32. The second-order valence-corrected chi connectivity index (χ2v) is 7.81. The molecule has 0 spiro atoms. The molecule has 1 fully saturated rings. The normalized spacial score (nSPS) is 16.4. The van der Waals surface area contributed by atoms with Gasteiger partial charge in [-0.2, -0.15) is 13.2 Å². The van der Waals surface area contributed by atoms with Gasteiger partial charge in [0.25, 0.3) is 5.91 Å². The van der Waals surface area contributed by atoms with Crippen molar-refractivity contribution in [2.75, 3.05) is 4.90 Å². The lowest BCUT2D eigenvalue weighted by atomic mass is 10.1. The first-order valence-electron chi connectivity index (χ1n) is 8.27. The molecule has 1 heterocycles. The zero-order chi connectivity index (χ0) is 19.9. The molecule has 0 aliphatic carbocycles. The Morgan fingerprint density at radius 3 is 2.46 bits per heavy atom. The highest BCUT2D eigenvalue weighted by Crippen LogP contribution is 2.39. The van der Waals surface area contributed by atoms with Crippen LogP contribution in [0.2, 0.25) is 0 Å². The van der Waals surface area contributed by atoms with Gasteiger partial charge in [0.2, 0.25) is 0 Å². The number of hydrogen-bond donors (Lipinski definition) is 0. The van der Waals surface area contributed by atoms with Crippen LogP contribution in [0.4, 0.5) is 18.9 Å². The maximum atomic E-state index is 13.0. The van der Waals surface area contributed by atoms with Crippen LogP contribution in [0.1, 0.15) is 11.1 Å². The number of fused-ring (bicyclic) bond motifs is 1. The van der Waals surface area contributed by atoms with E-state index >= 15 is 0 Å². The number of nitrogens with zero attached hydrogens (tertiary/aromatic N) is 1. The molecule has 4 rings (SSSR count). The van der Waals surface area contributed by atoms with Crippen molar-refractivity contribution in [3.8, 4) is 0 Å². The van der Waals surface area contributed by atoms with Gasteiger partial charge < -0.3 is 0 Å². The summed E-state index contributed by atoms with van der Waals surface area (Å²) in [7, 11) is 0. The maximum absolute atomic E-state index is 13.0. The molecule has 3 aromatic carbocycles. The Hall–Kier alpha value is -2.64. The van der Waals surface area contributed by atoms with Gasteiger partial charge in [-0.25, -0.2) is 0 Å². The first-order chi connectivity index (χ1) is 13.3. The van der Waals surface area contributed by atoms with Gasteiger partial charge in [0.05, 0.1) is 16.2 Å². The van der Waals surface area contributed by atoms with Crippen LogP contribution in [0.25, 0.3) is 16.8 Å². The van der Waals surface area contributed by atoms with E-state index in [2.05, 4.69) is 0 Å². The van der Waals surface area contributed by atoms with Crippen LogP contribution < -0.4 is 4.90 Å². The van der Waals surface area contributed by atoms with Crippen molar-refractivity contribution in [3.05, 3.63) is 82.8 Å². The molecule has 1 amide bonds. The summed E-state index contributed by atoms with van der Waals surface area (Å²) in [5, 5.41) is 1.84. The third kappa shape index (κ3) is 3.43. The van der Waals surface area contributed by atoms with E-state index in [1.165, 1.54) is 23.1 Å². The summed E-state index contributed by atoms with van der Waals surface area (Å²) in [6.07, 6.45) is -2.99. The average Bonchev–Trinajstić information content (AvgIpc) is 2.94. The number of carbonyl (C=O) groups excluding carboxylic acids is 1. The molecule has 0 atom stereocenters. The third-order valence-electron chi connectivity index (χ3n) is 4.31. The van der Waals surface area contributed by atoms with Crippen molar-refractivity contribution in [2.45, 2.75) is 6.18 Å². The van der Waals surface area contributed by atoms with Crippen LogP contribution >= 0.6 is 24.0 Å². The SMILES string of the molecule is O=C1/C(=C/c2cccc(C(F)(F)F)c2)SC(=S)N1c1cccc2ccccc12. The summed E-state index contributed by atoms with van der Waals surface area (Å²) in [5.74, 6) is -0.344. The summed E-state index contributed by atoms with van der Waals surface area (Å²) < 4.78 is 39.1. The van der Waals surface area contributed by atoms with E-state index in [9.17, 15) is 18.0 Å². The first-order valence-corrected chi connectivity index (χ1v) is 9.50. The standard InChI is InChI=1S/C21H12F3NOS2/c22-21(23,24)15-8-3-5-13(11-15)12-18-19(26)25(20(27)28-18)17-10-4-7-14-6-1-2-9-16(14)17/h1-12H/b18-12-. The van der Waals surface area contributed by atoms with Gasteiger partial charge in [-0.1, -0.05) is 72.5 Å². The van der Waals surface area contributed by atoms with Gasteiger partial charge in [0, 0.05) is 5.39 Å². The lowest BCUT2D eigenvalue weighted by Crippen LogP contribution is -2.27. The number of halogens is 3. The number of benzene rings is 3. The average molecular weight is 415 g/mol. The summed E-state index contributed by atoms with van der Waals surface area (Å²) in [6.45, 7) is 0. The topological polar surface area (TPSA) is 20.3 Å². The molecule has 2 nitrogen and oxygen atoms in total. The zero-order valence-corrected chi connectivity index (χ0v) is 15.9. The highest BCUT2D eigenvalue weighted by molar-refractivity contribution is 8.27. The van der Waals surface area contributed by atoms with E-state index in [0.29, 0.717) is 15.6 Å². The summed E-state index contributed by atoms with van der Waals surface area (Å²) >= 11 is 6.47. The molecule has 0 bridgehead atoms. The van der Waals surface area contributed by atoms with Crippen molar-refractivity contribution in [1.29, 1.82) is 0 Å². The molecule has 0 radical (unpaired) electrons. The minimum atomic E-state index is -4.44. The van der Waals surface area contributed by atoms with Gasteiger partial charge >= 0.3 is 6.18 Å². The van der Waals surface area contributed by atoms with E-state index in [4.69, 9.17) is 12.2 Å². The van der Waals surface area contributed by atoms with Crippen LogP contribution in [0.15, 0.2) is 71.6 Å². The smallest absolute Gasteiger partial charge is 0.268 e. The number of hydrogen-bond acceptors (Lipinski definition) is 3. The van der Waals surface area contributed by atoms with Crippen LogP contribution in [0, 0.1) is 0 Å². The number of rotatable bonds is 2. The summed E-state index contributed by atoms with van der Waals surface area (Å²) in [6, 6.07) is 18.1. The summed E-state index contributed by atoms with van der Waals surface area (Å²) in [4.78, 5) is 14.7. The largest absolute Gasteiger partial charge is 0.416 e. The molecule has 140 valence electrons. The lowest BCUT2D eigenvalue weighted by Gasteiger charge is -2.17. The van der Waals surface area contributed by atoms with Gasteiger partial charge in [0.1, 0.15) is 0 Å². The molecule has 0 unspecified atom stereocenters. The van der Waals surface area contributed by atoms with Crippen LogP contribution in [-0.4, -0.2) is 10.2 Å². The molecular formula is C21H12F3NOS2. The van der Waals surface area contributed by atoms with E-state index < -0.39 is 11.7 Å². The molecule has 0 N–H and O–H groups in total. The number of carbonyl (C=O) groups is 1. The van der Waals surface area contributed by atoms with Gasteiger partial charge in [0.15, 0.2) is 4.32 Å². The predicted octanol–water partition coefficient (Wildman–Crippen LogP) is 6.26. The lowest BCUT2D eigenvalue weighted by molar-refractivity contribution is -0.137. The first kappa shape index (κ1) is 18.7. The summed E-state index contributed by atoms with van der Waals surface area (Å²) in [5.41, 5.74) is 0.201. The number of anilines is 1. The van der Waals surface area contributed by atoms with Crippen molar-refractivity contribution < 1.29 is 18.0 Å². The van der Waals surface area contributed by atoms with Crippen LogP contribution in [-0.2, 0) is 11.0 Å². The van der Waals surface area contributed by atoms with Gasteiger partial charge in [-0.15, -0.1) is 0 Å². The number of alkyl halides is 3. The maximum Gasteiger partial charge on any atom is 0.416 e. The van der Waals surface area contributed by atoms with Crippen molar-refractivity contribution in [3.63, 3.8) is 0 Å². The third-order valence-corrected chi connectivity index (χ3v) is 5.62. The molecular weight excluding hydrogens is 403 g/mol. The highest BCUT2D eigenvalue weighted by Gasteiger charge is 2.34. The Balaban J connectivity index is 1.73. The Kier molecular flexibility index (Phi) is 4.72. The van der Waals surface area contributed by atoms with E-state index in [1.807, 2.05) is 36.4 Å². The quantitative estimate of drug-likeness (QED) is 0.364. The minimum absolute atomic E-state index is 0.289. The second kappa shape index (κ2) is 7.07. The molecule has 1 aliphatic heterocycles. The highest BCUT2D eigenvalue weighted by atomic mass is 32.2. The molecule has 28 heavy (non-hydrogen) atoms. The van der Waals surface area contributed by atoms with Crippen LogP contribution in [0.5, 0.6) is 0 Å². The molecule has 1 aliphatic rings. The van der Waals surface area contributed by atoms with E-state index in [1.54, 1.807) is 6.07 Å². The molecule has 1 saturated heterocycles. The Morgan fingerprint density at radius 2 is 1.68 bits per heavy atom. The predicted molar refractivity (Wildman–Crippen MR) is 111 cm³/mol. The number of amides is 1. The van der Waals surface area contributed by atoms with Crippen molar-refractivity contribution in [1.82, 2.24) is 0 Å². The van der Waals surface area contributed by atoms with Crippen molar-refractivity contribution in [2.24, 2.45) is 0 Å². The number of thioether (sulfide) groups is 1. The van der Waals surface area contributed by atoms with Gasteiger partial charge in [-0.05, 0) is 35.2 Å². The van der Waals surface area contributed by atoms with E-state index in [0.717, 1.165) is 34.7 Å². The fourth-order valence-electron chi connectivity index (χ4n) is 3.03. The Bertz CT molecular complexity index is 1130. The van der Waals surface area contributed by atoms with E-state index in [-0.39, 0.29) is 10.8 Å².